The highest BCUT2D eigenvalue weighted by molar-refractivity contribution is 5.75. The Morgan fingerprint density at radius 1 is 1.62 bits per heavy atom. The molecule has 0 aliphatic rings. The zero-order valence-corrected chi connectivity index (χ0v) is 4.22. The van der Waals surface area contributed by atoms with Crippen LogP contribution in [0.5, 0.6) is 0 Å². The quantitative estimate of drug-likeness (QED) is 0.380. The van der Waals surface area contributed by atoms with Crippen LogP contribution in [0, 0.1) is 0 Å². The van der Waals surface area contributed by atoms with Gasteiger partial charge in [-0.25, -0.2) is 4.99 Å². The molecule has 0 aromatic rings. The predicted molar refractivity (Wildman–Crippen MR) is 34.4 cm³/mol. The SMILES string of the molecule is C.COCN=C(N)N. The third-order valence-electron chi connectivity index (χ3n) is 0.376. The van der Waals surface area contributed by atoms with Crippen LogP contribution in [0.3, 0.4) is 0 Å². The van der Waals surface area contributed by atoms with E-state index in [0.29, 0.717) is 0 Å². The molecule has 0 spiro atoms. The van der Waals surface area contributed by atoms with Crippen LogP contribution in [0.15, 0.2) is 4.99 Å². The topological polar surface area (TPSA) is 73.6 Å². The maximum atomic E-state index is 4.93. The molecule has 4 heteroatoms. The van der Waals surface area contributed by atoms with Crippen molar-refractivity contribution in [1.82, 2.24) is 0 Å². The van der Waals surface area contributed by atoms with Crippen LogP contribution in [0.1, 0.15) is 7.43 Å². The minimum atomic E-state index is 0. The molecule has 0 aromatic heterocycles. The van der Waals surface area contributed by atoms with Crippen LogP contribution in [0.2, 0.25) is 0 Å². The number of hydrogen-bond donors (Lipinski definition) is 2. The fourth-order valence-electron chi connectivity index (χ4n) is 0.139. The molecule has 0 fully saturated rings. The van der Waals surface area contributed by atoms with Crippen LogP contribution in [0.4, 0.5) is 0 Å². The Kier molecular flexibility index (Phi) is 7.99. The monoisotopic (exact) mass is 119 g/mol. The lowest BCUT2D eigenvalue weighted by molar-refractivity contribution is 0.209. The molecule has 0 rings (SSSR count). The molecule has 4 nitrogen and oxygen atoms in total. The summed E-state index contributed by atoms with van der Waals surface area (Å²) in [4.78, 5) is 3.49. The number of nitrogens with zero attached hydrogens (tertiary/aromatic N) is 1. The average Bonchev–Trinajstić information content (AvgIpc) is 1.61. The van der Waals surface area contributed by atoms with Crippen molar-refractivity contribution in [2.24, 2.45) is 16.5 Å². The van der Waals surface area contributed by atoms with Crippen LogP contribution in [-0.4, -0.2) is 19.8 Å². The minimum absolute atomic E-state index is 0. The Morgan fingerprint density at radius 3 is 2.25 bits per heavy atom. The molecule has 50 valence electrons. The Balaban J connectivity index is 0. The van der Waals surface area contributed by atoms with Gasteiger partial charge in [0.2, 0.25) is 0 Å². The van der Waals surface area contributed by atoms with Crippen molar-refractivity contribution in [2.45, 2.75) is 7.43 Å². The summed E-state index contributed by atoms with van der Waals surface area (Å²) < 4.78 is 4.51. The van der Waals surface area contributed by atoms with E-state index in [-0.39, 0.29) is 20.1 Å². The second-order valence-corrected chi connectivity index (χ2v) is 1.00. The molecule has 0 aliphatic carbocycles. The molecule has 0 atom stereocenters. The van der Waals surface area contributed by atoms with Crippen LogP contribution < -0.4 is 11.5 Å². The van der Waals surface area contributed by atoms with Gasteiger partial charge >= 0.3 is 0 Å². The molecule has 0 aliphatic heterocycles. The number of nitrogens with two attached hydrogens (primary N) is 2. The summed E-state index contributed by atoms with van der Waals surface area (Å²) in [7, 11) is 1.52. The molecule has 0 saturated heterocycles. The largest absolute Gasteiger partial charge is 0.370 e. The van der Waals surface area contributed by atoms with E-state index in [2.05, 4.69) is 9.73 Å². The van der Waals surface area contributed by atoms with E-state index in [0.717, 1.165) is 0 Å². The molecular weight excluding hydrogens is 106 g/mol. The molecule has 0 saturated carbocycles. The van der Waals surface area contributed by atoms with Gasteiger partial charge in [0.1, 0.15) is 6.73 Å². The summed E-state index contributed by atoms with van der Waals surface area (Å²) in [5.41, 5.74) is 9.85. The zero-order chi connectivity index (χ0) is 5.70. The number of hydrogen-bond acceptors (Lipinski definition) is 2. The molecule has 8 heavy (non-hydrogen) atoms. The van der Waals surface area contributed by atoms with Gasteiger partial charge in [-0.05, 0) is 0 Å². The van der Waals surface area contributed by atoms with E-state index < -0.39 is 0 Å². The third-order valence-corrected chi connectivity index (χ3v) is 0.376. The highest BCUT2D eigenvalue weighted by Crippen LogP contribution is 1.64. The first-order chi connectivity index (χ1) is 3.27. The first-order valence-electron chi connectivity index (χ1n) is 1.81. The Morgan fingerprint density at radius 2 is 2.12 bits per heavy atom. The lowest BCUT2D eigenvalue weighted by atomic mass is 11.0. The summed E-state index contributed by atoms with van der Waals surface area (Å²) in [5, 5.41) is 0. The Hall–Kier alpha value is -0.770. The van der Waals surface area contributed by atoms with Gasteiger partial charge in [-0.2, -0.15) is 0 Å². The maximum absolute atomic E-state index is 4.93. The number of methoxy groups -OCH3 is 1. The third kappa shape index (κ3) is 8.97. The number of rotatable bonds is 2. The van der Waals surface area contributed by atoms with Gasteiger partial charge in [0.15, 0.2) is 5.96 Å². The van der Waals surface area contributed by atoms with Gasteiger partial charge < -0.3 is 16.2 Å². The van der Waals surface area contributed by atoms with Crippen LogP contribution >= 0.6 is 0 Å². The van der Waals surface area contributed by atoms with E-state index >= 15 is 0 Å². The van der Waals surface area contributed by atoms with Gasteiger partial charge in [-0.15, -0.1) is 0 Å². The first-order valence-corrected chi connectivity index (χ1v) is 1.81. The lowest BCUT2D eigenvalue weighted by Gasteiger charge is -1.88. The molecule has 0 heterocycles. The molecule has 0 amide bonds. The summed E-state index contributed by atoms with van der Waals surface area (Å²) in [5.74, 6) is 0.0573. The summed E-state index contributed by atoms with van der Waals surface area (Å²) in [6.45, 7) is 0.238. The van der Waals surface area contributed by atoms with Crippen molar-refractivity contribution in [1.29, 1.82) is 0 Å². The normalized spacial score (nSPS) is 7.12. The van der Waals surface area contributed by atoms with Gasteiger partial charge in [0, 0.05) is 7.11 Å². The average molecular weight is 119 g/mol. The van der Waals surface area contributed by atoms with Crippen LogP contribution in [-0.2, 0) is 4.74 Å². The summed E-state index contributed by atoms with van der Waals surface area (Å²) in [6, 6.07) is 0. The highest BCUT2D eigenvalue weighted by Gasteiger charge is 1.73. The van der Waals surface area contributed by atoms with Gasteiger partial charge in [0.25, 0.3) is 0 Å². The summed E-state index contributed by atoms with van der Waals surface area (Å²) >= 11 is 0. The van der Waals surface area contributed by atoms with Crippen molar-refractivity contribution in [3.63, 3.8) is 0 Å². The highest BCUT2D eigenvalue weighted by atomic mass is 16.5. The molecule has 4 N–H and O–H groups in total. The lowest BCUT2D eigenvalue weighted by Crippen LogP contribution is -2.23. The minimum Gasteiger partial charge on any atom is -0.370 e. The van der Waals surface area contributed by atoms with Crippen molar-refractivity contribution in [3.8, 4) is 0 Å². The fourth-order valence-corrected chi connectivity index (χ4v) is 0.139. The molecule has 0 bridgehead atoms. The van der Waals surface area contributed by atoms with Crippen molar-refractivity contribution >= 4 is 5.96 Å². The standard InChI is InChI=1S/C3H9N3O.CH4/c1-7-2-6-3(4)5;/h2H2,1H3,(H4,4,5,6);1H4. The van der Waals surface area contributed by atoms with Gasteiger partial charge in [-0.3, -0.25) is 0 Å². The predicted octanol–water partition coefficient (Wildman–Crippen LogP) is -0.500. The van der Waals surface area contributed by atoms with Crippen molar-refractivity contribution in [2.75, 3.05) is 13.8 Å². The summed E-state index contributed by atoms with van der Waals surface area (Å²) in [6.07, 6.45) is 0. The molecular formula is C4H13N3O. The maximum Gasteiger partial charge on any atom is 0.188 e. The van der Waals surface area contributed by atoms with E-state index in [1.54, 1.807) is 0 Å². The Bertz CT molecular complexity index is 67.7. The number of aliphatic imine (C=N–C) groups is 1. The van der Waals surface area contributed by atoms with E-state index in [1.807, 2.05) is 0 Å². The molecule has 0 radical (unpaired) electrons. The van der Waals surface area contributed by atoms with Crippen molar-refractivity contribution in [3.05, 3.63) is 0 Å². The van der Waals surface area contributed by atoms with E-state index in [1.165, 1.54) is 7.11 Å². The number of ether oxygens (including phenoxy) is 1. The van der Waals surface area contributed by atoms with E-state index in [4.69, 9.17) is 11.5 Å². The second-order valence-electron chi connectivity index (χ2n) is 1.00. The molecule has 0 unspecified atom stereocenters. The van der Waals surface area contributed by atoms with Crippen LogP contribution in [0.25, 0.3) is 0 Å². The Labute approximate surface area is 49.5 Å². The first kappa shape index (κ1) is 10.3. The smallest absolute Gasteiger partial charge is 0.188 e. The molecule has 0 aromatic carbocycles. The van der Waals surface area contributed by atoms with Crippen molar-refractivity contribution < 1.29 is 4.74 Å². The fraction of sp³-hybridized carbons (Fsp3) is 0.750. The second kappa shape index (κ2) is 6.23. The van der Waals surface area contributed by atoms with Gasteiger partial charge in [-0.1, -0.05) is 7.43 Å². The van der Waals surface area contributed by atoms with Gasteiger partial charge in [0.05, 0.1) is 0 Å². The number of guanidine groups is 1. The van der Waals surface area contributed by atoms with E-state index in [9.17, 15) is 0 Å². The zero-order valence-electron chi connectivity index (χ0n) is 4.22.